The first-order valence-corrected chi connectivity index (χ1v) is 7.19. The molecule has 0 radical (unpaired) electrons. The Hall–Kier alpha value is -1.82. The van der Waals surface area contributed by atoms with Gasteiger partial charge in [0.05, 0.1) is 10.6 Å². The van der Waals surface area contributed by atoms with Crippen LogP contribution in [0.3, 0.4) is 0 Å². The number of imidazole rings is 1. The van der Waals surface area contributed by atoms with Crippen LogP contribution in [0.2, 0.25) is 0 Å². The molecule has 0 aliphatic carbocycles. The van der Waals surface area contributed by atoms with E-state index in [1.165, 1.54) is 6.07 Å². The van der Waals surface area contributed by atoms with Gasteiger partial charge in [0.1, 0.15) is 5.82 Å². The molecule has 0 saturated heterocycles. The van der Waals surface area contributed by atoms with Crippen LogP contribution in [0.1, 0.15) is 5.82 Å². The fourth-order valence-corrected chi connectivity index (χ4v) is 2.98. The number of sulfone groups is 1. The zero-order chi connectivity index (χ0) is 13.2. The van der Waals surface area contributed by atoms with Gasteiger partial charge in [-0.15, -0.1) is 0 Å². The SMILES string of the molecule is Cn1ccnc1CCS(=O)(=O)c1cccc(N)c1. The number of hydrogen-bond acceptors (Lipinski definition) is 4. The topological polar surface area (TPSA) is 78.0 Å². The number of nitrogens with zero attached hydrogens (tertiary/aromatic N) is 2. The molecule has 2 rings (SSSR count). The van der Waals surface area contributed by atoms with Gasteiger partial charge in [-0.2, -0.15) is 0 Å². The summed E-state index contributed by atoms with van der Waals surface area (Å²) in [5.41, 5.74) is 6.04. The molecule has 1 aromatic carbocycles. The highest BCUT2D eigenvalue weighted by Crippen LogP contribution is 2.15. The number of nitrogen functional groups attached to an aromatic ring is 1. The molecule has 1 aromatic heterocycles. The van der Waals surface area contributed by atoms with Crippen molar-refractivity contribution in [2.75, 3.05) is 11.5 Å². The average molecular weight is 265 g/mol. The predicted molar refractivity (Wildman–Crippen MR) is 69.8 cm³/mol. The van der Waals surface area contributed by atoms with E-state index in [1.54, 1.807) is 30.6 Å². The third-order valence-electron chi connectivity index (χ3n) is 2.73. The Bertz CT molecular complexity index is 647. The Morgan fingerprint density at radius 3 is 2.78 bits per heavy atom. The van der Waals surface area contributed by atoms with Gasteiger partial charge in [0.15, 0.2) is 9.84 Å². The van der Waals surface area contributed by atoms with Crippen molar-refractivity contribution < 1.29 is 8.42 Å². The number of hydrogen-bond donors (Lipinski definition) is 1. The first kappa shape index (κ1) is 12.6. The molecule has 0 fully saturated rings. The molecule has 6 heteroatoms. The van der Waals surface area contributed by atoms with E-state index in [9.17, 15) is 8.42 Å². The third kappa shape index (κ3) is 2.70. The minimum Gasteiger partial charge on any atom is -0.399 e. The summed E-state index contributed by atoms with van der Waals surface area (Å²) in [6.07, 6.45) is 3.84. The zero-order valence-electron chi connectivity index (χ0n) is 10.1. The van der Waals surface area contributed by atoms with Crippen molar-refractivity contribution in [2.24, 2.45) is 7.05 Å². The molecule has 5 nitrogen and oxygen atoms in total. The van der Waals surface area contributed by atoms with E-state index in [2.05, 4.69) is 4.98 Å². The van der Waals surface area contributed by atoms with Gasteiger partial charge in [0.25, 0.3) is 0 Å². The fourth-order valence-electron chi connectivity index (χ4n) is 1.69. The lowest BCUT2D eigenvalue weighted by atomic mass is 10.3. The summed E-state index contributed by atoms with van der Waals surface area (Å²) in [5.74, 6) is 0.781. The molecule has 0 aliphatic heterocycles. The van der Waals surface area contributed by atoms with Crippen molar-refractivity contribution in [3.05, 3.63) is 42.5 Å². The maximum atomic E-state index is 12.1. The summed E-state index contributed by atoms with van der Waals surface area (Å²) >= 11 is 0. The molecular formula is C12H15N3O2S. The summed E-state index contributed by atoms with van der Waals surface area (Å²) in [6, 6.07) is 6.35. The Kier molecular flexibility index (Phi) is 3.38. The van der Waals surface area contributed by atoms with Crippen LogP contribution in [0.5, 0.6) is 0 Å². The summed E-state index contributed by atoms with van der Waals surface area (Å²) in [5, 5.41) is 0. The molecule has 0 amide bonds. The second kappa shape index (κ2) is 4.81. The van der Waals surface area contributed by atoms with Crippen LogP contribution in [0.4, 0.5) is 5.69 Å². The summed E-state index contributed by atoms with van der Waals surface area (Å²) in [4.78, 5) is 4.36. The highest BCUT2D eigenvalue weighted by molar-refractivity contribution is 7.91. The normalized spacial score (nSPS) is 11.6. The van der Waals surface area contributed by atoms with Crippen LogP contribution < -0.4 is 5.73 Å². The van der Waals surface area contributed by atoms with E-state index in [0.29, 0.717) is 12.1 Å². The highest BCUT2D eigenvalue weighted by Gasteiger charge is 2.15. The van der Waals surface area contributed by atoms with Crippen molar-refractivity contribution in [3.63, 3.8) is 0 Å². The van der Waals surface area contributed by atoms with Crippen LogP contribution in [0.15, 0.2) is 41.6 Å². The van der Waals surface area contributed by atoms with Crippen LogP contribution in [0.25, 0.3) is 0 Å². The second-order valence-corrected chi connectivity index (χ2v) is 6.20. The van der Waals surface area contributed by atoms with Crippen LogP contribution in [-0.2, 0) is 23.3 Å². The molecular weight excluding hydrogens is 250 g/mol. The van der Waals surface area contributed by atoms with E-state index in [0.717, 1.165) is 5.82 Å². The predicted octanol–water partition coefficient (Wildman–Crippen LogP) is 1.02. The quantitative estimate of drug-likeness (QED) is 0.837. The molecule has 0 aliphatic rings. The Labute approximate surface area is 106 Å². The van der Waals surface area contributed by atoms with E-state index in [4.69, 9.17) is 5.73 Å². The molecule has 0 unspecified atom stereocenters. The fraction of sp³-hybridized carbons (Fsp3) is 0.250. The lowest BCUT2D eigenvalue weighted by molar-refractivity contribution is 0.594. The van der Waals surface area contributed by atoms with Gasteiger partial charge in [-0.1, -0.05) is 6.07 Å². The number of nitrogens with two attached hydrogens (primary N) is 1. The molecule has 0 saturated carbocycles. The van der Waals surface area contributed by atoms with Crippen molar-refractivity contribution >= 4 is 15.5 Å². The Morgan fingerprint density at radius 2 is 2.17 bits per heavy atom. The zero-order valence-corrected chi connectivity index (χ0v) is 10.9. The van der Waals surface area contributed by atoms with E-state index in [-0.39, 0.29) is 10.6 Å². The molecule has 0 atom stereocenters. The first-order valence-electron chi connectivity index (χ1n) is 5.53. The van der Waals surface area contributed by atoms with Crippen LogP contribution >= 0.6 is 0 Å². The summed E-state index contributed by atoms with van der Waals surface area (Å²) in [7, 11) is -1.47. The van der Waals surface area contributed by atoms with Crippen LogP contribution in [-0.4, -0.2) is 23.7 Å². The van der Waals surface area contributed by atoms with E-state index >= 15 is 0 Å². The molecule has 1 heterocycles. The van der Waals surface area contributed by atoms with Crippen molar-refractivity contribution in [3.8, 4) is 0 Å². The molecule has 18 heavy (non-hydrogen) atoms. The van der Waals surface area contributed by atoms with Gasteiger partial charge >= 0.3 is 0 Å². The summed E-state index contributed by atoms with van der Waals surface area (Å²) < 4.78 is 26.0. The molecule has 96 valence electrons. The van der Waals surface area contributed by atoms with E-state index in [1.807, 2.05) is 11.6 Å². The molecule has 0 bridgehead atoms. The maximum Gasteiger partial charge on any atom is 0.178 e. The average Bonchev–Trinajstić information content (AvgIpc) is 2.72. The monoisotopic (exact) mass is 265 g/mol. The first-order chi connectivity index (χ1) is 8.49. The largest absolute Gasteiger partial charge is 0.399 e. The maximum absolute atomic E-state index is 12.1. The van der Waals surface area contributed by atoms with E-state index < -0.39 is 9.84 Å². The second-order valence-electron chi connectivity index (χ2n) is 4.10. The standard InChI is InChI=1S/C12H15N3O2S/c1-15-7-6-14-12(15)5-8-18(16,17)11-4-2-3-10(13)9-11/h2-4,6-7,9H,5,8,13H2,1H3. The lowest BCUT2D eigenvalue weighted by Crippen LogP contribution is -2.12. The number of anilines is 1. The van der Waals surface area contributed by atoms with Gasteiger partial charge in [0, 0.05) is 31.5 Å². The minimum atomic E-state index is -3.31. The third-order valence-corrected chi connectivity index (χ3v) is 4.45. The Balaban J connectivity index is 2.16. The number of aryl methyl sites for hydroxylation is 2. The lowest BCUT2D eigenvalue weighted by Gasteiger charge is -2.05. The minimum absolute atomic E-state index is 0.0291. The van der Waals surface area contributed by atoms with Crippen LogP contribution in [0, 0.1) is 0 Å². The highest BCUT2D eigenvalue weighted by atomic mass is 32.2. The Morgan fingerprint density at radius 1 is 1.39 bits per heavy atom. The number of aromatic nitrogens is 2. The van der Waals surface area contributed by atoms with Gasteiger partial charge in [0.2, 0.25) is 0 Å². The molecule has 2 aromatic rings. The molecule has 0 spiro atoms. The van der Waals surface area contributed by atoms with Gasteiger partial charge in [-0.3, -0.25) is 0 Å². The van der Waals surface area contributed by atoms with Gasteiger partial charge in [-0.05, 0) is 18.2 Å². The van der Waals surface area contributed by atoms with Crippen molar-refractivity contribution in [1.29, 1.82) is 0 Å². The number of benzene rings is 1. The summed E-state index contributed by atoms with van der Waals surface area (Å²) in [6.45, 7) is 0. The number of rotatable bonds is 4. The van der Waals surface area contributed by atoms with Gasteiger partial charge < -0.3 is 10.3 Å². The van der Waals surface area contributed by atoms with Crippen molar-refractivity contribution in [1.82, 2.24) is 9.55 Å². The van der Waals surface area contributed by atoms with Crippen molar-refractivity contribution in [2.45, 2.75) is 11.3 Å². The molecule has 2 N–H and O–H groups in total. The smallest absolute Gasteiger partial charge is 0.178 e. The van der Waals surface area contributed by atoms with Gasteiger partial charge in [-0.25, -0.2) is 13.4 Å².